The van der Waals surface area contributed by atoms with E-state index in [0.29, 0.717) is 21.0 Å². The average molecular weight is 345 g/mol. The zero-order valence-corrected chi connectivity index (χ0v) is 13.6. The molecule has 0 radical (unpaired) electrons. The first kappa shape index (κ1) is 16.0. The zero-order valence-electron chi connectivity index (χ0n) is 11.2. The minimum Gasteiger partial charge on any atom is -0.477 e. The highest BCUT2D eigenvalue weighted by atomic mass is 35.5. The number of halogens is 1. The molecule has 2 aromatic rings. The van der Waals surface area contributed by atoms with Gasteiger partial charge < -0.3 is 5.11 Å². The Hall–Kier alpha value is -1.37. The Labute approximate surface area is 131 Å². The molecule has 0 fully saturated rings. The molecule has 1 heterocycles. The molecule has 0 saturated carbocycles. The largest absolute Gasteiger partial charge is 0.477 e. The number of rotatable bonds is 5. The molecule has 2 rings (SSSR count). The second kappa shape index (κ2) is 6.17. The van der Waals surface area contributed by atoms with Gasteiger partial charge >= 0.3 is 5.97 Å². The molecule has 112 valence electrons. The number of carboxylic acids is 1. The van der Waals surface area contributed by atoms with Crippen LogP contribution in [0.5, 0.6) is 0 Å². The van der Waals surface area contributed by atoms with Gasteiger partial charge in [0.15, 0.2) is 9.84 Å². The average Bonchev–Trinajstić information content (AvgIpc) is 2.73. The van der Waals surface area contributed by atoms with Crippen LogP contribution in [0.15, 0.2) is 30.3 Å². The van der Waals surface area contributed by atoms with E-state index >= 15 is 0 Å². The summed E-state index contributed by atoms with van der Waals surface area (Å²) in [6.07, 6.45) is 0. The minimum atomic E-state index is -3.36. The molecule has 21 heavy (non-hydrogen) atoms. The normalized spacial score (nSPS) is 11.5. The first-order chi connectivity index (χ1) is 9.77. The summed E-state index contributed by atoms with van der Waals surface area (Å²) in [5.74, 6) is -1.29. The number of sulfone groups is 1. The number of carbonyl (C=O) groups is 1. The van der Waals surface area contributed by atoms with Crippen LogP contribution in [0.25, 0.3) is 0 Å². The molecule has 0 spiro atoms. The van der Waals surface area contributed by atoms with Crippen LogP contribution in [0.3, 0.4) is 0 Å². The molecule has 1 aromatic heterocycles. The van der Waals surface area contributed by atoms with E-state index in [2.05, 4.69) is 0 Å². The van der Waals surface area contributed by atoms with Crippen LogP contribution in [0.4, 0.5) is 0 Å². The second-order valence-corrected chi connectivity index (χ2v) is 8.41. The van der Waals surface area contributed by atoms with E-state index in [0.717, 1.165) is 11.3 Å². The summed E-state index contributed by atoms with van der Waals surface area (Å²) in [5, 5.41) is 9.48. The van der Waals surface area contributed by atoms with Gasteiger partial charge in [0.25, 0.3) is 0 Å². The number of hydrogen-bond donors (Lipinski definition) is 1. The van der Waals surface area contributed by atoms with Crippen LogP contribution in [-0.4, -0.2) is 19.5 Å². The maximum Gasteiger partial charge on any atom is 0.345 e. The van der Waals surface area contributed by atoms with E-state index < -0.39 is 15.8 Å². The van der Waals surface area contributed by atoms with Crippen molar-refractivity contribution in [3.63, 3.8) is 0 Å². The maximum absolute atomic E-state index is 12.2. The molecule has 4 nitrogen and oxygen atoms in total. The lowest BCUT2D eigenvalue weighted by Gasteiger charge is -2.04. The highest BCUT2D eigenvalue weighted by molar-refractivity contribution is 7.89. The Morgan fingerprint density at radius 1 is 1.24 bits per heavy atom. The lowest BCUT2D eigenvalue weighted by Crippen LogP contribution is -2.07. The fraction of sp³-hybridized carbons (Fsp3) is 0.214. The summed E-state index contributed by atoms with van der Waals surface area (Å²) < 4.78 is 24.4. The van der Waals surface area contributed by atoms with Gasteiger partial charge in [-0.2, -0.15) is 0 Å². The highest BCUT2D eigenvalue weighted by Gasteiger charge is 2.18. The van der Waals surface area contributed by atoms with Gasteiger partial charge in [-0.1, -0.05) is 23.7 Å². The second-order valence-electron chi connectivity index (χ2n) is 4.66. The number of hydrogen-bond acceptors (Lipinski definition) is 4. The smallest absolute Gasteiger partial charge is 0.345 e. The topological polar surface area (TPSA) is 71.4 Å². The molecule has 1 N–H and O–H groups in total. The minimum absolute atomic E-state index is 0.0954. The Balaban J connectivity index is 2.17. The fourth-order valence-electron chi connectivity index (χ4n) is 1.89. The lowest BCUT2D eigenvalue weighted by molar-refractivity contribution is 0.0702. The predicted molar refractivity (Wildman–Crippen MR) is 83.8 cm³/mol. The van der Waals surface area contributed by atoms with Crippen molar-refractivity contribution >= 4 is 38.7 Å². The lowest BCUT2D eigenvalue weighted by atomic mass is 10.2. The van der Waals surface area contributed by atoms with Gasteiger partial charge in [0.05, 0.1) is 11.5 Å². The van der Waals surface area contributed by atoms with E-state index in [4.69, 9.17) is 16.7 Å². The fourth-order valence-corrected chi connectivity index (χ4v) is 4.57. The van der Waals surface area contributed by atoms with Gasteiger partial charge in [0, 0.05) is 9.90 Å². The van der Waals surface area contributed by atoms with Crippen molar-refractivity contribution in [1.82, 2.24) is 0 Å². The van der Waals surface area contributed by atoms with Gasteiger partial charge in [0.1, 0.15) is 4.88 Å². The van der Waals surface area contributed by atoms with Crippen LogP contribution in [0.2, 0.25) is 5.02 Å². The summed E-state index contributed by atoms with van der Waals surface area (Å²) >= 11 is 6.85. The van der Waals surface area contributed by atoms with Gasteiger partial charge in [-0.15, -0.1) is 11.3 Å². The number of aromatic carboxylic acids is 1. The van der Waals surface area contributed by atoms with E-state index in [1.165, 1.54) is 6.07 Å². The van der Waals surface area contributed by atoms with Gasteiger partial charge in [-0.25, -0.2) is 13.2 Å². The third-order valence-electron chi connectivity index (χ3n) is 2.91. The maximum atomic E-state index is 12.2. The summed E-state index contributed by atoms with van der Waals surface area (Å²) in [6, 6.07) is 8.06. The third-order valence-corrected chi connectivity index (χ3v) is 5.76. The molecule has 0 aliphatic carbocycles. The first-order valence-electron chi connectivity index (χ1n) is 6.04. The molecule has 7 heteroatoms. The van der Waals surface area contributed by atoms with Crippen molar-refractivity contribution < 1.29 is 18.3 Å². The van der Waals surface area contributed by atoms with Crippen LogP contribution in [-0.2, 0) is 21.3 Å². The molecule has 0 aliphatic rings. The Bertz CT molecular complexity index is 761. The molecule has 0 aliphatic heterocycles. The van der Waals surface area contributed by atoms with Crippen molar-refractivity contribution in [2.75, 3.05) is 0 Å². The SMILES string of the molecule is Cc1sc(C(=O)O)cc1CS(=O)(=O)Cc1ccc(Cl)cc1. The van der Waals surface area contributed by atoms with E-state index in [9.17, 15) is 13.2 Å². The number of carboxylic acid groups (broad SMARTS) is 1. The van der Waals surface area contributed by atoms with Gasteiger partial charge in [-0.05, 0) is 36.2 Å². The zero-order chi connectivity index (χ0) is 15.6. The summed E-state index contributed by atoms with van der Waals surface area (Å²) in [7, 11) is -3.36. The molecule has 1 aromatic carbocycles. The molecule has 0 saturated heterocycles. The Morgan fingerprint density at radius 2 is 1.86 bits per heavy atom. The quantitative estimate of drug-likeness (QED) is 0.900. The molecule has 0 atom stereocenters. The van der Waals surface area contributed by atoms with Crippen molar-refractivity contribution in [2.45, 2.75) is 18.4 Å². The molecule has 0 unspecified atom stereocenters. The van der Waals surface area contributed by atoms with Gasteiger partial charge in [-0.3, -0.25) is 0 Å². The number of benzene rings is 1. The van der Waals surface area contributed by atoms with Crippen molar-refractivity contribution in [3.8, 4) is 0 Å². The van der Waals surface area contributed by atoms with Crippen molar-refractivity contribution in [3.05, 3.63) is 56.2 Å². The van der Waals surface area contributed by atoms with E-state index in [1.54, 1.807) is 31.2 Å². The Kier molecular flexibility index (Phi) is 4.70. The third kappa shape index (κ3) is 4.30. The summed E-state index contributed by atoms with van der Waals surface area (Å²) in [5.41, 5.74) is 1.21. The summed E-state index contributed by atoms with van der Waals surface area (Å²) in [4.78, 5) is 11.8. The van der Waals surface area contributed by atoms with Crippen molar-refractivity contribution in [1.29, 1.82) is 0 Å². The van der Waals surface area contributed by atoms with Crippen LogP contribution >= 0.6 is 22.9 Å². The van der Waals surface area contributed by atoms with E-state index in [-0.39, 0.29) is 16.4 Å². The van der Waals surface area contributed by atoms with Gasteiger partial charge in [0.2, 0.25) is 0 Å². The molecule has 0 amide bonds. The van der Waals surface area contributed by atoms with E-state index in [1.807, 2.05) is 0 Å². The number of thiophene rings is 1. The van der Waals surface area contributed by atoms with Crippen LogP contribution in [0.1, 0.15) is 25.7 Å². The molecular formula is C14H13ClO4S2. The first-order valence-corrected chi connectivity index (χ1v) is 9.06. The predicted octanol–water partition coefficient (Wildman–Crippen LogP) is 3.52. The van der Waals surface area contributed by atoms with Crippen LogP contribution < -0.4 is 0 Å². The van der Waals surface area contributed by atoms with Crippen molar-refractivity contribution in [2.24, 2.45) is 0 Å². The van der Waals surface area contributed by atoms with Crippen LogP contribution in [0, 0.1) is 6.92 Å². The molecular weight excluding hydrogens is 332 g/mol. The highest BCUT2D eigenvalue weighted by Crippen LogP contribution is 2.24. The molecule has 0 bridgehead atoms. The number of aryl methyl sites for hydroxylation is 1. The Morgan fingerprint density at radius 3 is 2.38 bits per heavy atom. The monoisotopic (exact) mass is 344 g/mol. The standard InChI is InChI=1S/C14H13ClO4S2/c1-9-11(6-13(20-9)14(16)17)8-21(18,19)7-10-2-4-12(15)5-3-10/h2-6H,7-8H2,1H3,(H,16,17). The summed E-state index contributed by atoms with van der Waals surface area (Å²) in [6.45, 7) is 1.73.